The Balaban J connectivity index is 1.41. The number of hydrogen-bond donors (Lipinski definition) is 2. The molecule has 2 amide bonds. The summed E-state index contributed by atoms with van der Waals surface area (Å²) < 4.78 is 30.2. The number of benzene rings is 1. The number of allylic oxidation sites excluding steroid dienone is 1. The molecule has 0 saturated heterocycles. The number of aromatic nitrogens is 3. The molecule has 35 heavy (non-hydrogen) atoms. The van der Waals surface area contributed by atoms with E-state index in [0.717, 1.165) is 6.07 Å². The Morgan fingerprint density at radius 1 is 1.17 bits per heavy atom. The van der Waals surface area contributed by atoms with Gasteiger partial charge in [-0.15, -0.1) is 0 Å². The monoisotopic (exact) mass is 481 g/mol. The molecule has 1 aliphatic heterocycles. The van der Waals surface area contributed by atoms with E-state index in [1.165, 1.54) is 37.2 Å². The van der Waals surface area contributed by atoms with Gasteiger partial charge < -0.3 is 24.6 Å². The molecule has 0 bridgehead atoms. The minimum Gasteiger partial charge on any atom is -0.439 e. The number of carbonyl (C=O) groups is 2. The molecule has 2 aromatic heterocycles. The number of urea groups is 1. The highest BCUT2D eigenvalue weighted by Crippen LogP contribution is 2.38. The molecule has 2 unspecified atom stereocenters. The fourth-order valence-electron chi connectivity index (χ4n) is 3.88. The molecule has 0 saturated carbocycles. The molecular formula is C24H24FN5O5. The molecule has 1 aliphatic rings. The predicted molar refractivity (Wildman–Crippen MR) is 122 cm³/mol. The van der Waals surface area contributed by atoms with E-state index in [9.17, 15) is 14.0 Å². The second-order valence-corrected chi connectivity index (χ2v) is 9.12. The summed E-state index contributed by atoms with van der Waals surface area (Å²) in [6.45, 7) is 7.61. The minimum absolute atomic E-state index is 0.0591. The van der Waals surface area contributed by atoms with Crippen molar-refractivity contribution in [1.29, 1.82) is 0 Å². The number of nitrogens with zero attached hydrogens (tertiary/aromatic N) is 3. The SMILES string of the molecule is CC1C(NC(=O)Nc2ccc(Oc3cc(-c4cnoc4)ncn3)cc2F)=COC(=O)C1C(C)(C)C. The van der Waals surface area contributed by atoms with Gasteiger partial charge in [0.1, 0.15) is 30.4 Å². The fourth-order valence-corrected chi connectivity index (χ4v) is 3.88. The minimum atomic E-state index is -0.712. The number of hydrogen-bond acceptors (Lipinski definition) is 8. The standard InChI is InChI=1S/C24H24FN5O5/c1-13-19(11-33-22(31)21(13)24(2,3)4)30-23(32)29-17-6-5-15(7-16(17)25)35-20-8-18(26-12-27-20)14-9-28-34-10-14/h5-13,21H,1-4H3,(H2,29,30,32). The first kappa shape index (κ1) is 23.9. The molecular weight excluding hydrogens is 457 g/mol. The fraction of sp³-hybridized carbons (Fsp3) is 0.292. The van der Waals surface area contributed by atoms with Crippen molar-refractivity contribution < 1.29 is 28.0 Å². The van der Waals surface area contributed by atoms with Crippen LogP contribution in [0.1, 0.15) is 27.7 Å². The van der Waals surface area contributed by atoms with Crippen LogP contribution in [0.3, 0.4) is 0 Å². The number of cyclic esters (lactones) is 1. The van der Waals surface area contributed by atoms with Crippen molar-refractivity contribution in [3.63, 3.8) is 0 Å². The molecule has 1 aromatic carbocycles. The van der Waals surface area contributed by atoms with Crippen molar-refractivity contribution in [3.8, 4) is 22.9 Å². The van der Waals surface area contributed by atoms with Gasteiger partial charge in [0.2, 0.25) is 5.88 Å². The van der Waals surface area contributed by atoms with Crippen molar-refractivity contribution in [1.82, 2.24) is 20.4 Å². The predicted octanol–water partition coefficient (Wildman–Crippen LogP) is 4.88. The zero-order valence-electron chi connectivity index (χ0n) is 19.5. The topological polar surface area (TPSA) is 128 Å². The number of amides is 2. The van der Waals surface area contributed by atoms with E-state index in [1.54, 1.807) is 6.07 Å². The third-order valence-corrected chi connectivity index (χ3v) is 5.52. The van der Waals surface area contributed by atoms with Gasteiger partial charge >= 0.3 is 12.0 Å². The van der Waals surface area contributed by atoms with Crippen LogP contribution in [0.4, 0.5) is 14.9 Å². The number of carbonyl (C=O) groups excluding carboxylic acids is 2. The molecule has 0 aliphatic carbocycles. The van der Waals surface area contributed by atoms with Crippen LogP contribution in [0.5, 0.6) is 11.6 Å². The summed E-state index contributed by atoms with van der Waals surface area (Å²) in [5.74, 6) is -1.44. The lowest BCUT2D eigenvalue weighted by Gasteiger charge is -2.36. The maximum absolute atomic E-state index is 14.7. The number of rotatable bonds is 5. The van der Waals surface area contributed by atoms with Gasteiger partial charge in [0.05, 0.1) is 34.8 Å². The molecule has 3 aromatic rings. The van der Waals surface area contributed by atoms with E-state index in [4.69, 9.17) is 14.0 Å². The van der Waals surface area contributed by atoms with Crippen LogP contribution in [0.15, 0.2) is 59.5 Å². The van der Waals surface area contributed by atoms with E-state index in [1.807, 2.05) is 27.7 Å². The quantitative estimate of drug-likeness (QED) is 0.494. The summed E-state index contributed by atoms with van der Waals surface area (Å²) in [7, 11) is 0. The Hall–Kier alpha value is -4.28. The summed E-state index contributed by atoms with van der Waals surface area (Å²) in [4.78, 5) is 32.8. The smallest absolute Gasteiger partial charge is 0.323 e. The highest BCUT2D eigenvalue weighted by molar-refractivity contribution is 5.91. The second-order valence-electron chi connectivity index (χ2n) is 9.12. The maximum atomic E-state index is 14.7. The second kappa shape index (κ2) is 9.53. The molecule has 182 valence electrons. The number of esters is 1. The molecule has 4 rings (SSSR count). The molecule has 10 nitrogen and oxygen atoms in total. The van der Waals surface area contributed by atoms with E-state index in [0.29, 0.717) is 17.0 Å². The number of nitrogens with one attached hydrogen (secondary N) is 2. The van der Waals surface area contributed by atoms with Gasteiger partial charge in [-0.2, -0.15) is 0 Å². The van der Waals surface area contributed by atoms with Gasteiger partial charge in [0, 0.05) is 18.1 Å². The number of halogens is 1. The zero-order chi connectivity index (χ0) is 25.2. The van der Waals surface area contributed by atoms with E-state index in [2.05, 4.69) is 25.8 Å². The van der Waals surface area contributed by atoms with Crippen LogP contribution in [0.2, 0.25) is 0 Å². The summed E-state index contributed by atoms with van der Waals surface area (Å²) in [5, 5.41) is 8.73. The molecule has 3 heterocycles. The third kappa shape index (κ3) is 5.45. The Kier molecular flexibility index (Phi) is 6.50. The van der Waals surface area contributed by atoms with Crippen molar-refractivity contribution >= 4 is 17.7 Å². The van der Waals surface area contributed by atoms with Crippen LogP contribution in [0.25, 0.3) is 11.3 Å². The summed E-state index contributed by atoms with van der Waals surface area (Å²) in [5.41, 5.74) is 1.17. The first-order valence-electron chi connectivity index (χ1n) is 10.8. The lowest BCUT2D eigenvalue weighted by molar-refractivity contribution is -0.150. The molecule has 0 fully saturated rings. The van der Waals surface area contributed by atoms with Crippen LogP contribution in [0, 0.1) is 23.1 Å². The van der Waals surface area contributed by atoms with Crippen molar-refractivity contribution in [2.45, 2.75) is 27.7 Å². The van der Waals surface area contributed by atoms with Crippen molar-refractivity contribution in [3.05, 3.63) is 60.8 Å². The van der Waals surface area contributed by atoms with E-state index >= 15 is 0 Å². The Bertz CT molecular complexity index is 1270. The molecule has 0 spiro atoms. The summed E-state index contributed by atoms with van der Waals surface area (Å²) in [6, 6.07) is 4.86. The van der Waals surface area contributed by atoms with Crippen molar-refractivity contribution in [2.24, 2.45) is 17.3 Å². The van der Waals surface area contributed by atoms with Gasteiger partial charge in [0.15, 0.2) is 0 Å². The Morgan fingerprint density at radius 2 is 1.97 bits per heavy atom. The first-order chi connectivity index (χ1) is 16.6. The van der Waals surface area contributed by atoms with E-state index in [-0.39, 0.29) is 34.6 Å². The van der Waals surface area contributed by atoms with Gasteiger partial charge in [-0.3, -0.25) is 4.79 Å². The zero-order valence-corrected chi connectivity index (χ0v) is 19.5. The van der Waals surface area contributed by atoms with Crippen LogP contribution >= 0.6 is 0 Å². The molecule has 11 heteroatoms. The van der Waals surface area contributed by atoms with Crippen LogP contribution < -0.4 is 15.4 Å². The van der Waals surface area contributed by atoms with Crippen LogP contribution in [-0.2, 0) is 9.53 Å². The highest BCUT2D eigenvalue weighted by atomic mass is 19.1. The van der Waals surface area contributed by atoms with Gasteiger partial charge in [0.25, 0.3) is 0 Å². The molecule has 2 atom stereocenters. The largest absolute Gasteiger partial charge is 0.439 e. The normalized spacial score (nSPS) is 17.9. The highest BCUT2D eigenvalue weighted by Gasteiger charge is 2.41. The summed E-state index contributed by atoms with van der Waals surface area (Å²) in [6.07, 6.45) is 5.44. The maximum Gasteiger partial charge on any atom is 0.323 e. The van der Waals surface area contributed by atoms with E-state index < -0.39 is 17.8 Å². The average molecular weight is 481 g/mol. The van der Waals surface area contributed by atoms with Gasteiger partial charge in [-0.1, -0.05) is 32.9 Å². The number of ether oxygens (including phenoxy) is 2. The first-order valence-corrected chi connectivity index (χ1v) is 10.8. The third-order valence-electron chi connectivity index (χ3n) is 5.52. The van der Waals surface area contributed by atoms with Crippen molar-refractivity contribution in [2.75, 3.05) is 5.32 Å². The number of anilines is 1. The van der Waals surface area contributed by atoms with Gasteiger partial charge in [-0.05, 0) is 17.5 Å². The molecule has 0 radical (unpaired) electrons. The lowest BCUT2D eigenvalue weighted by atomic mass is 9.72. The summed E-state index contributed by atoms with van der Waals surface area (Å²) >= 11 is 0. The van der Waals surface area contributed by atoms with Crippen LogP contribution in [-0.4, -0.2) is 27.1 Å². The van der Waals surface area contributed by atoms with Gasteiger partial charge in [-0.25, -0.2) is 19.2 Å². The Labute approximate surface area is 200 Å². The Morgan fingerprint density at radius 3 is 2.66 bits per heavy atom. The lowest BCUT2D eigenvalue weighted by Crippen LogP contribution is -2.43. The molecule has 2 N–H and O–H groups in total. The average Bonchev–Trinajstić information content (AvgIpc) is 3.32.